The molecular weight excluding hydrogens is 761 g/mol. The average Bonchev–Trinajstić information content (AvgIpc) is 3.30. The van der Waals surface area contributed by atoms with Crippen molar-refractivity contribution in [1.29, 1.82) is 0 Å². The van der Waals surface area contributed by atoms with Crippen LogP contribution in [-0.4, -0.2) is 12.2 Å². The van der Waals surface area contributed by atoms with E-state index in [9.17, 15) is 0 Å². The first kappa shape index (κ1) is 55.6. The minimum Gasteiger partial charge on any atom is -0.375 e. The van der Waals surface area contributed by atoms with E-state index in [-0.39, 0.29) is 0 Å². The molecule has 0 radical (unpaired) electrons. The summed E-state index contributed by atoms with van der Waals surface area (Å²) in [5.74, 6) is 8.22. The van der Waals surface area contributed by atoms with Crippen molar-refractivity contribution in [1.82, 2.24) is 0 Å². The normalized spacial score (nSPS) is 28.0. The molecule has 4 rings (SSSR count). The first-order chi connectivity index (χ1) is 31.1. The van der Waals surface area contributed by atoms with E-state index in [0.717, 1.165) is 47.3 Å². The van der Waals surface area contributed by atoms with Crippen LogP contribution >= 0.6 is 0 Å². The number of hydrogen-bond donors (Lipinski definition) is 0. The standard InChI is InChI=1S/C62H118O/c1-5-9-13-15-17-19-23-27-53-35-39-59(40-36-53)51-57(29-21-11-7-3)33-25-31-55-43-47-61(48-44-55)63-62-49-45-56(46-50-62)32-26-34-58(30-22-12-8-4)52-60-41-37-54(38-42-60)28-24-20-18-16-14-10-6-2/h53-62H,5-52H2,1-4H3. The largest absolute Gasteiger partial charge is 0.375 e. The van der Waals surface area contributed by atoms with E-state index >= 15 is 0 Å². The molecule has 0 aromatic carbocycles. The zero-order valence-electron chi connectivity index (χ0n) is 44.1. The molecule has 2 unspecified atom stereocenters. The van der Waals surface area contributed by atoms with Gasteiger partial charge >= 0.3 is 0 Å². The second-order valence-corrected chi connectivity index (χ2v) is 24.1. The summed E-state index contributed by atoms with van der Waals surface area (Å²) in [7, 11) is 0. The van der Waals surface area contributed by atoms with Crippen molar-refractivity contribution >= 4 is 0 Å². The van der Waals surface area contributed by atoms with Gasteiger partial charge in [0.2, 0.25) is 0 Å². The smallest absolute Gasteiger partial charge is 0.0579 e. The first-order valence-corrected chi connectivity index (χ1v) is 30.7. The van der Waals surface area contributed by atoms with Crippen molar-refractivity contribution in [2.45, 2.75) is 348 Å². The molecule has 0 spiro atoms. The third-order valence-electron chi connectivity index (χ3n) is 18.6. The molecule has 63 heavy (non-hydrogen) atoms. The van der Waals surface area contributed by atoms with Gasteiger partial charge in [0.1, 0.15) is 0 Å². The molecule has 0 amide bonds. The Hall–Kier alpha value is -0.0400. The van der Waals surface area contributed by atoms with Gasteiger partial charge < -0.3 is 4.74 Å². The highest BCUT2D eigenvalue weighted by atomic mass is 16.5. The maximum Gasteiger partial charge on any atom is 0.0579 e. The van der Waals surface area contributed by atoms with Crippen molar-refractivity contribution < 1.29 is 4.74 Å². The molecule has 0 aliphatic heterocycles. The molecule has 4 aliphatic rings. The van der Waals surface area contributed by atoms with Crippen LogP contribution in [0.4, 0.5) is 0 Å². The summed E-state index contributed by atoms with van der Waals surface area (Å²) >= 11 is 0. The van der Waals surface area contributed by atoms with Gasteiger partial charge in [-0.1, -0.05) is 272 Å². The summed E-state index contributed by atoms with van der Waals surface area (Å²) in [5, 5.41) is 0. The highest BCUT2D eigenvalue weighted by Crippen LogP contribution is 2.41. The summed E-state index contributed by atoms with van der Waals surface area (Å²) in [4.78, 5) is 0. The minimum absolute atomic E-state index is 0.574. The SMILES string of the molecule is CCCCCCCCCC1CCC(CC(CCCCC)CCCC2CCC(OC3CCC(CCCC(CCCCC)CC4CCC(CCCCCCCCC)CC4)CC3)CC2)CC1. The Balaban J connectivity index is 1.02. The summed E-state index contributed by atoms with van der Waals surface area (Å²) < 4.78 is 6.90. The van der Waals surface area contributed by atoms with Gasteiger partial charge in [0.05, 0.1) is 12.2 Å². The van der Waals surface area contributed by atoms with Crippen molar-refractivity contribution in [3.8, 4) is 0 Å². The Morgan fingerprint density at radius 1 is 0.270 bits per heavy atom. The number of unbranched alkanes of at least 4 members (excludes halogenated alkanes) is 16. The minimum atomic E-state index is 0.574. The monoisotopic (exact) mass is 879 g/mol. The lowest BCUT2D eigenvalue weighted by molar-refractivity contribution is -0.0573. The van der Waals surface area contributed by atoms with Crippen LogP contribution in [0.3, 0.4) is 0 Å². The van der Waals surface area contributed by atoms with Crippen molar-refractivity contribution in [3.05, 3.63) is 0 Å². The maximum atomic E-state index is 6.90. The van der Waals surface area contributed by atoms with Crippen molar-refractivity contribution in [2.24, 2.45) is 47.3 Å². The molecule has 372 valence electrons. The van der Waals surface area contributed by atoms with Crippen LogP contribution in [0.25, 0.3) is 0 Å². The lowest BCUT2D eigenvalue weighted by atomic mass is 9.74. The third kappa shape index (κ3) is 26.3. The predicted molar refractivity (Wildman–Crippen MR) is 281 cm³/mol. The molecule has 0 bridgehead atoms. The van der Waals surface area contributed by atoms with E-state index in [1.54, 1.807) is 64.2 Å². The molecule has 4 saturated carbocycles. The van der Waals surface area contributed by atoms with Gasteiger partial charge in [-0.15, -0.1) is 0 Å². The molecule has 0 aromatic rings. The summed E-state index contributed by atoms with van der Waals surface area (Å²) in [6, 6.07) is 0. The second-order valence-electron chi connectivity index (χ2n) is 24.1. The van der Waals surface area contributed by atoms with Crippen molar-refractivity contribution in [3.63, 3.8) is 0 Å². The van der Waals surface area contributed by atoms with Crippen LogP contribution in [0.5, 0.6) is 0 Å². The van der Waals surface area contributed by atoms with Gasteiger partial charge in [0.25, 0.3) is 0 Å². The predicted octanol–water partition coefficient (Wildman–Crippen LogP) is 21.5. The zero-order chi connectivity index (χ0) is 44.4. The van der Waals surface area contributed by atoms with Crippen LogP contribution in [0.1, 0.15) is 336 Å². The Labute approximate surface area is 398 Å². The lowest BCUT2D eigenvalue weighted by Crippen LogP contribution is -2.30. The average molecular weight is 880 g/mol. The van der Waals surface area contributed by atoms with Crippen LogP contribution in [0.15, 0.2) is 0 Å². The topological polar surface area (TPSA) is 9.23 Å². The molecular formula is C62H118O. The van der Waals surface area contributed by atoms with Gasteiger partial charge in [-0.25, -0.2) is 0 Å². The lowest BCUT2D eigenvalue weighted by Gasteiger charge is -2.35. The maximum absolute atomic E-state index is 6.90. The molecule has 1 heteroatoms. The zero-order valence-corrected chi connectivity index (χ0v) is 44.1. The summed E-state index contributed by atoms with van der Waals surface area (Å²) in [6.07, 6.45) is 72.3. The number of rotatable bonds is 38. The van der Waals surface area contributed by atoms with Gasteiger partial charge in [0.15, 0.2) is 0 Å². The molecule has 0 saturated heterocycles. The molecule has 4 fully saturated rings. The molecule has 4 aliphatic carbocycles. The molecule has 0 N–H and O–H groups in total. The highest BCUT2D eigenvalue weighted by molar-refractivity contribution is 4.81. The van der Waals surface area contributed by atoms with Gasteiger partial charge in [-0.05, 0) is 112 Å². The first-order valence-electron chi connectivity index (χ1n) is 30.7. The Morgan fingerprint density at radius 2 is 0.524 bits per heavy atom. The van der Waals surface area contributed by atoms with Crippen LogP contribution in [0, 0.1) is 47.3 Å². The second kappa shape index (κ2) is 36.9. The van der Waals surface area contributed by atoms with Crippen LogP contribution in [0.2, 0.25) is 0 Å². The van der Waals surface area contributed by atoms with E-state index in [1.807, 2.05) is 0 Å². The molecule has 0 heterocycles. The van der Waals surface area contributed by atoms with Crippen LogP contribution < -0.4 is 0 Å². The molecule has 1 nitrogen and oxygen atoms in total. The Morgan fingerprint density at radius 3 is 0.873 bits per heavy atom. The fourth-order valence-corrected chi connectivity index (χ4v) is 14.1. The Kier molecular flexibility index (Phi) is 32.6. The fourth-order valence-electron chi connectivity index (χ4n) is 14.1. The molecule has 0 aromatic heterocycles. The number of hydrogen-bond acceptors (Lipinski definition) is 1. The van der Waals surface area contributed by atoms with E-state index in [2.05, 4.69) is 27.7 Å². The van der Waals surface area contributed by atoms with Crippen molar-refractivity contribution in [2.75, 3.05) is 0 Å². The van der Waals surface area contributed by atoms with Crippen LogP contribution in [-0.2, 0) is 4.74 Å². The highest BCUT2D eigenvalue weighted by Gasteiger charge is 2.29. The third-order valence-corrected chi connectivity index (χ3v) is 18.6. The van der Waals surface area contributed by atoms with E-state index in [0.29, 0.717) is 12.2 Å². The molecule has 2 atom stereocenters. The van der Waals surface area contributed by atoms with E-state index in [4.69, 9.17) is 4.74 Å². The van der Waals surface area contributed by atoms with Gasteiger partial charge in [-0.2, -0.15) is 0 Å². The summed E-state index contributed by atoms with van der Waals surface area (Å²) in [6.45, 7) is 9.45. The van der Waals surface area contributed by atoms with Gasteiger partial charge in [-0.3, -0.25) is 0 Å². The number of ether oxygens (including phenoxy) is 1. The Bertz CT molecular complexity index is 893. The van der Waals surface area contributed by atoms with E-state index < -0.39 is 0 Å². The fraction of sp³-hybridized carbons (Fsp3) is 1.00. The quantitative estimate of drug-likeness (QED) is 0.0562. The summed E-state index contributed by atoms with van der Waals surface area (Å²) in [5.41, 5.74) is 0. The van der Waals surface area contributed by atoms with Gasteiger partial charge in [0, 0.05) is 0 Å². The van der Waals surface area contributed by atoms with E-state index in [1.165, 1.54) is 244 Å².